The normalized spacial score (nSPS) is 15.8. The number of hydrogen-bond donors (Lipinski definition) is 1. The van der Waals surface area contributed by atoms with Crippen LogP contribution in [0.25, 0.3) is 0 Å². The number of rotatable bonds is 4. The monoisotopic (exact) mass is 221 g/mol. The van der Waals surface area contributed by atoms with Gasteiger partial charge in [0.2, 0.25) is 0 Å². The number of amides is 1. The minimum Gasteiger partial charge on any atom is -0.396 e. The van der Waals surface area contributed by atoms with E-state index in [9.17, 15) is 4.79 Å². The third-order valence-corrected chi connectivity index (χ3v) is 2.56. The molecule has 0 aliphatic carbocycles. The molecule has 2 rings (SSSR count). The summed E-state index contributed by atoms with van der Waals surface area (Å²) in [6, 6.07) is 7.66. The van der Waals surface area contributed by atoms with Gasteiger partial charge in [-0.2, -0.15) is 5.06 Å². The molecule has 0 unspecified atom stereocenters. The summed E-state index contributed by atoms with van der Waals surface area (Å²) in [5.74, 6) is 0.00288. The van der Waals surface area contributed by atoms with Gasteiger partial charge in [0.15, 0.2) is 0 Å². The van der Waals surface area contributed by atoms with E-state index in [2.05, 4.69) is 0 Å². The van der Waals surface area contributed by atoms with Crippen molar-refractivity contribution in [3.05, 3.63) is 29.8 Å². The Bertz CT molecular complexity index is 361. The molecule has 1 aliphatic rings. The van der Waals surface area contributed by atoms with E-state index in [1.807, 2.05) is 24.3 Å². The molecule has 1 aromatic rings. The van der Waals surface area contributed by atoms with Gasteiger partial charge in [0, 0.05) is 6.61 Å². The molecule has 1 N–H and O–H groups in total. The van der Waals surface area contributed by atoms with E-state index >= 15 is 0 Å². The van der Waals surface area contributed by atoms with Crippen LogP contribution in [-0.2, 0) is 16.1 Å². The zero-order chi connectivity index (χ0) is 11.4. The maximum Gasteiger partial charge on any atom is 0.253 e. The zero-order valence-corrected chi connectivity index (χ0v) is 9.06. The topological polar surface area (TPSA) is 49.8 Å². The van der Waals surface area contributed by atoms with Gasteiger partial charge in [0.25, 0.3) is 5.91 Å². The summed E-state index contributed by atoms with van der Waals surface area (Å²) in [6.45, 7) is 0.667. The molecule has 86 valence electrons. The quantitative estimate of drug-likeness (QED) is 0.833. The van der Waals surface area contributed by atoms with Crippen molar-refractivity contribution in [1.29, 1.82) is 0 Å². The Kier molecular flexibility index (Phi) is 3.54. The molecule has 1 amide bonds. The Hall–Kier alpha value is -1.39. The van der Waals surface area contributed by atoms with Crippen LogP contribution in [0.1, 0.15) is 18.4 Å². The number of hydrogen-bond acceptors (Lipinski definition) is 3. The van der Waals surface area contributed by atoms with Crippen LogP contribution in [0.4, 0.5) is 5.69 Å². The summed E-state index contributed by atoms with van der Waals surface area (Å²) in [6.07, 6.45) is 2.07. The van der Waals surface area contributed by atoms with Gasteiger partial charge in [-0.15, -0.1) is 0 Å². The second kappa shape index (κ2) is 5.09. The lowest BCUT2D eigenvalue weighted by Crippen LogP contribution is -2.22. The molecule has 0 radical (unpaired) electrons. The highest BCUT2D eigenvalue weighted by molar-refractivity contribution is 5.92. The fraction of sp³-hybridized carbons (Fsp3) is 0.417. The van der Waals surface area contributed by atoms with Crippen molar-refractivity contribution in [3.63, 3.8) is 0 Å². The first-order chi connectivity index (χ1) is 7.81. The van der Waals surface area contributed by atoms with Gasteiger partial charge in [-0.25, -0.2) is 0 Å². The first-order valence-electron chi connectivity index (χ1n) is 5.47. The van der Waals surface area contributed by atoms with E-state index in [0.29, 0.717) is 13.0 Å². The smallest absolute Gasteiger partial charge is 0.253 e. The molecule has 4 nitrogen and oxygen atoms in total. The second-order valence-electron chi connectivity index (χ2n) is 3.76. The molecule has 0 aromatic heterocycles. The summed E-state index contributed by atoms with van der Waals surface area (Å²) >= 11 is 0. The van der Waals surface area contributed by atoms with Crippen molar-refractivity contribution >= 4 is 11.6 Å². The second-order valence-corrected chi connectivity index (χ2v) is 3.76. The van der Waals surface area contributed by atoms with E-state index in [1.54, 1.807) is 0 Å². The summed E-state index contributed by atoms with van der Waals surface area (Å²) < 4.78 is 0. The van der Waals surface area contributed by atoms with Crippen LogP contribution in [-0.4, -0.2) is 24.2 Å². The summed E-state index contributed by atoms with van der Waals surface area (Å²) in [5, 5.41) is 10.1. The molecule has 1 saturated heterocycles. The first kappa shape index (κ1) is 11.1. The summed E-state index contributed by atoms with van der Waals surface area (Å²) in [7, 11) is 0. The van der Waals surface area contributed by atoms with Crippen LogP contribution in [0.15, 0.2) is 24.3 Å². The molecule has 0 bridgehead atoms. The van der Waals surface area contributed by atoms with Gasteiger partial charge < -0.3 is 5.11 Å². The lowest BCUT2D eigenvalue weighted by Gasteiger charge is -2.14. The fourth-order valence-corrected chi connectivity index (χ4v) is 1.70. The highest BCUT2D eigenvalue weighted by Gasteiger charge is 2.22. The standard InChI is InChI=1S/C12H15NO3/c14-8-1-2-10-3-5-11(6-4-10)13-12(15)7-9-16-13/h3-6,14H,1-2,7-9H2. The van der Waals surface area contributed by atoms with Gasteiger partial charge in [0.05, 0.1) is 18.7 Å². The Morgan fingerprint density at radius 2 is 2.06 bits per heavy atom. The predicted octanol–water partition coefficient (Wildman–Crippen LogP) is 1.28. The summed E-state index contributed by atoms with van der Waals surface area (Å²) in [4.78, 5) is 16.6. The molecule has 1 heterocycles. The third kappa shape index (κ3) is 2.40. The molecule has 1 aliphatic heterocycles. The van der Waals surface area contributed by atoms with Crippen molar-refractivity contribution < 1.29 is 14.7 Å². The molecule has 1 aromatic carbocycles. The van der Waals surface area contributed by atoms with Crippen molar-refractivity contribution in [2.75, 3.05) is 18.3 Å². The predicted molar refractivity (Wildman–Crippen MR) is 59.9 cm³/mol. The van der Waals surface area contributed by atoms with Gasteiger partial charge in [-0.1, -0.05) is 12.1 Å². The van der Waals surface area contributed by atoms with E-state index in [-0.39, 0.29) is 12.5 Å². The van der Waals surface area contributed by atoms with Gasteiger partial charge in [0.1, 0.15) is 0 Å². The molecule has 0 atom stereocenters. The van der Waals surface area contributed by atoms with E-state index in [1.165, 1.54) is 5.06 Å². The highest BCUT2D eigenvalue weighted by Crippen LogP contribution is 2.20. The zero-order valence-electron chi connectivity index (χ0n) is 9.06. The summed E-state index contributed by atoms with van der Waals surface area (Å²) in [5.41, 5.74) is 1.93. The maximum absolute atomic E-state index is 11.4. The molecular weight excluding hydrogens is 206 g/mol. The number of hydroxylamine groups is 1. The van der Waals surface area contributed by atoms with Crippen LogP contribution in [0.5, 0.6) is 0 Å². The number of aliphatic hydroxyl groups is 1. The maximum atomic E-state index is 11.4. The number of aliphatic hydroxyl groups excluding tert-OH is 1. The van der Waals surface area contributed by atoms with Gasteiger partial charge >= 0.3 is 0 Å². The van der Waals surface area contributed by atoms with Crippen LogP contribution in [0.3, 0.4) is 0 Å². The van der Waals surface area contributed by atoms with Crippen molar-refractivity contribution in [2.45, 2.75) is 19.3 Å². The van der Waals surface area contributed by atoms with Crippen molar-refractivity contribution in [2.24, 2.45) is 0 Å². The van der Waals surface area contributed by atoms with E-state index in [4.69, 9.17) is 9.94 Å². The van der Waals surface area contributed by atoms with Gasteiger partial charge in [-0.05, 0) is 30.5 Å². The molecule has 4 heteroatoms. The molecule has 1 fully saturated rings. The molecule has 0 saturated carbocycles. The lowest BCUT2D eigenvalue weighted by atomic mass is 10.1. The van der Waals surface area contributed by atoms with E-state index in [0.717, 1.165) is 24.1 Å². The van der Waals surface area contributed by atoms with Crippen LogP contribution in [0, 0.1) is 0 Å². The Labute approximate surface area is 94.4 Å². The third-order valence-electron chi connectivity index (χ3n) is 2.56. The molecule has 0 spiro atoms. The largest absolute Gasteiger partial charge is 0.396 e. The minimum absolute atomic E-state index is 0.00288. The lowest BCUT2D eigenvalue weighted by molar-refractivity contribution is -0.119. The van der Waals surface area contributed by atoms with Crippen LogP contribution in [0.2, 0.25) is 0 Å². The Morgan fingerprint density at radius 3 is 2.62 bits per heavy atom. The first-order valence-corrected chi connectivity index (χ1v) is 5.47. The number of aryl methyl sites for hydroxylation is 1. The number of benzene rings is 1. The Morgan fingerprint density at radius 1 is 1.31 bits per heavy atom. The molecular formula is C12H15NO3. The number of anilines is 1. The van der Waals surface area contributed by atoms with E-state index < -0.39 is 0 Å². The average molecular weight is 221 g/mol. The van der Waals surface area contributed by atoms with Crippen LogP contribution < -0.4 is 5.06 Å². The Balaban J connectivity index is 2.04. The van der Waals surface area contributed by atoms with Crippen molar-refractivity contribution in [1.82, 2.24) is 0 Å². The van der Waals surface area contributed by atoms with Crippen LogP contribution >= 0.6 is 0 Å². The SMILES string of the molecule is O=C1CCON1c1ccc(CCCO)cc1. The molecule has 16 heavy (non-hydrogen) atoms. The number of carbonyl (C=O) groups is 1. The number of nitrogens with zero attached hydrogens (tertiary/aromatic N) is 1. The fourth-order valence-electron chi connectivity index (χ4n) is 1.70. The highest BCUT2D eigenvalue weighted by atomic mass is 16.7. The number of carbonyl (C=O) groups excluding carboxylic acids is 1. The van der Waals surface area contributed by atoms with Gasteiger partial charge in [-0.3, -0.25) is 9.63 Å². The minimum atomic E-state index is 0.00288. The van der Waals surface area contributed by atoms with Crippen molar-refractivity contribution in [3.8, 4) is 0 Å². The average Bonchev–Trinajstić information content (AvgIpc) is 2.74.